The monoisotopic (exact) mass is 237 g/mol. The molecule has 2 atom stereocenters. The first-order valence-electron chi connectivity index (χ1n) is 6.30. The highest BCUT2D eigenvalue weighted by atomic mass is 16.5. The lowest BCUT2D eigenvalue weighted by molar-refractivity contribution is -0.119. The molecule has 0 aromatic heterocycles. The molecular formula is C14H23NO2. The van der Waals surface area contributed by atoms with E-state index < -0.39 is 0 Å². The Morgan fingerprint density at radius 2 is 2.35 bits per heavy atom. The number of hydrogen-bond donors (Lipinski definition) is 0. The van der Waals surface area contributed by atoms with E-state index in [1.54, 1.807) is 0 Å². The molecule has 0 N–H and O–H groups in total. The molecule has 0 aliphatic carbocycles. The molecule has 1 aliphatic rings. The highest BCUT2D eigenvalue weighted by Crippen LogP contribution is 2.29. The fraction of sp³-hybridized carbons (Fsp3) is 0.714. The average molecular weight is 237 g/mol. The molecule has 0 aromatic carbocycles. The molecule has 0 saturated heterocycles. The molecule has 3 nitrogen and oxygen atoms in total. The summed E-state index contributed by atoms with van der Waals surface area (Å²) >= 11 is 0. The smallest absolute Gasteiger partial charge is 0.254 e. The third-order valence-corrected chi connectivity index (χ3v) is 3.58. The van der Waals surface area contributed by atoms with Gasteiger partial charge in [-0.15, -0.1) is 6.58 Å². The summed E-state index contributed by atoms with van der Waals surface area (Å²) in [6.07, 6.45) is 3.86. The molecule has 0 aromatic rings. The molecule has 3 heteroatoms. The molecule has 0 amide bonds. The second-order valence-electron chi connectivity index (χ2n) is 5.30. The van der Waals surface area contributed by atoms with Crippen molar-refractivity contribution in [3.05, 3.63) is 12.7 Å². The summed E-state index contributed by atoms with van der Waals surface area (Å²) in [5, 5.41) is 0. The minimum atomic E-state index is -0.230. The molecule has 96 valence electrons. The van der Waals surface area contributed by atoms with Crippen molar-refractivity contribution in [3.8, 4) is 0 Å². The van der Waals surface area contributed by atoms with Crippen molar-refractivity contribution in [2.24, 2.45) is 16.3 Å². The lowest BCUT2D eigenvalue weighted by atomic mass is 9.78. The van der Waals surface area contributed by atoms with Crippen LogP contribution in [0.5, 0.6) is 0 Å². The van der Waals surface area contributed by atoms with E-state index in [1.807, 2.05) is 26.8 Å². The molecule has 0 spiro atoms. The number of ether oxygens (including phenoxy) is 1. The lowest BCUT2D eigenvalue weighted by Gasteiger charge is -2.26. The summed E-state index contributed by atoms with van der Waals surface area (Å²) in [7, 11) is 0. The quantitative estimate of drug-likeness (QED) is 0.666. The van der Waals surface area contributed by atoms with E-state index in [-0.39, 0.29) is 23.2 Å². The van der Waals surface area contributed by atoms with E-state index in [2.05, 4.69) is 18.5 Å². The van der Waals surface area contributed by atoms with Gasteiger partial charge in [-0.1, -0.05) is 40.2 Å². The normalized spacial score (nSPS) is 21.6. The van der Waals surface area contributed by atoms with Gasteiger partial charge in [0.15, 0.2) is 0 Å². The van der Waals surface area contributed by atoms with Crippen LogP contribution in [0.15, 0.2) is 17.6 Å². The number of rotatable bonds is 6. The Balaban J connectivity index is 2.72. The average Bonchev–Trinajstić information content (AvgIpc) is 2.76. The zero-order chi connectivity index (χ0) is 13.1. The van der Waals surface area contributed by atoms with Gasteiger partial charge in [0.05, 0.1) is 6.04 Å². The number of aliphatic imine (C=N–C) groups is 1. The first-order chi connectivity index (χ1) is 7.92. The minimum absolute atomic E-state index is 0.00602. The van der Waals surface area contributed by atoms with E-state index in [0.29, 0.717) is 12.5 Å². The fourth-order valence-electron chi connectivity index (χ4n) is 1.73. The van der Waals surface area contributed by atoms with Crippen molar-refractivity contribution in [3.63, 3.8) is 0 Å². The molecular weight excluding hydrogens is 214 g/mol. The highest BCUT2D eigenvalue weighted by Gasteiger charge is 2.34. The number of carbonyl (C=O) groups excluding carboxylic acids is 1. The van der Waals surface area contributed by atoms with Gasteiger partial charge in [-0.3, -0.25) is 4.79 Å². The SMILES string of the molecule is C=CC(C)(C)[C@H](C)C(=O)C1=N[C@H](CCC)CO1. The van der Waals surface area contributed by atoms with Gasteiger partial charge < -0.3 is 4.74 Å². The Morgan fingerprint density at radius 1 is 1.71 bits per heavy atom. The first-order valence-corrected chi connectivity index (χ1v) is 6.30. The third kappa shape index (κ3) is 3.18. The van der Waals surface area contributed by atoms with Crippen molar-refractivity contribution < 1.29 is 9.53 Å². The Bertz CT molecular complexity index is 331. The molecule has 1 rings (SSSR count). The molecule has 0 radical (unpaired) electrons. The first kappa shape index (κ1) is 13.9. The van der Waals surface area contributed by atoms with Gasteiger partial charge in [0.25, 0.3) is 5.90 Å². The van der Waals surface area contributed by atoms with Crippen molar-refractivity contribution in [1.29, 1.82) is 0 Å². The summed E-state index contributed by atoms with van der Waals surface area (Å²) in [6, 6.07) is 0.165. The Hall–Kier alpha value is -1.12. The van der Waals surface area contributed by atoms with Gasteiger partial charge in [-0.25, -0.2) is 4.99 Å². The summed E-state index contributed by atoms with van der Waals surface area (Å²) in [6.45, 7) is 12.3. The van der Waals surface area contributed by atoms with E-state index in [0.717, 1.165) is 12.8 Å². The topological polar surface area (TPSA) is 38.7 Å². The zero-order valence-corrected chi connectivity index (χ0v) is 11.3. The number of carbonyl (C=O) groups is 1. The minimum Gasteiger partial charge on any atom is -0.473 e. The van der Waals surface area contributed by atoms with Crippen LogP contribution in [0.3, 0.4) is 0 Å². The van der Waals surface area contributed by atoms with Crippen molar-refractivity contribution in [1.82, 2.24) is 0 Å². The van der Waals surface area contributed by atoms with Crippen LogP contribution in [0.25, 0.3) is 0 Å². The molecule has 1 aliphatic heterocycles. The van der Waals surface area contributed by atoms with Crippen LogP contribution in [0.4, 0.5) is 0 Å². The number of allylic oxidation sites excluding steroid dienone is 1. The molecule has 0 bridgehead atoms. The van der Waals surface area contributed by atoms with Crippen LogP contribution < -0.4 is 0 Å². The lowest BCUT2D eigenvalue weighted by Crippen LogP contribution is -2.32. The van der Waals surface area contributed by atoms with Crippen LogP contribution in [0.1, 0.15) is 40.5 Å². The third-order valence-electron chi connectivity index (χ3n) is 3.58. The molecule has 0 fully saturated rings. The van der Waals surface area contributed by atoms with E-state index in [1.165, 1.54) is 0 Å². The zero-order valence-electron chi connectivity index (χ0n) is 11.3. The molecule has 17 heavy (non-hydrogen) atoms. The number of ketones is 1. The summed E-state index contributed by atoms with van der Waals surface area (Å²) in [5.74, 6) is 0.151. The van der Waals surface area contributed by atoms with Gasteiger partial charge >= 0.3 is 0 Å². The van der Waals surface area contributed by atoms with Gasteiger partial charge in [0, 0.05) is 5.92 Å². The van der Waals surface area contributed by atoms with E-state index >= 15 is 0 Å². The standard InChI is InChI=1S/C14H23NO2/c1-6-8-11-9-17-13(15-11)12(16)10(3)14(4,5)7-2/h7,10-11H,2,6,8-9H2,1,3-5H3/t10-,11-/m1/s1. The van der Waals surface area contributed by atoms with Crippen molar-refractivity contribution in [2.75, 3.05) is 6.61 Å². The van der Waals surface area contributed by atoms with Crippen LogP contribution >= 0.6 is 0 Å². The Labute approximate surface area is 104 Å². The fourth-order valence-corrected chi connectivity index (χ4v) is 1.73. The molecule has 0 saturated carbocycles. The maximum atomic E-state index is 12.2. The van der Waals surface area contributed by atoms with Gasteiger partial charge in [-0.2, -0.15) is 0 Å². The molecule has 0 unspecified atom stereocenters. The van der Waals surface area contributed by atoms with Gasteiger partial charge in [0.2, 0.25) is 5.78 Å². The van der Waals surface area contributed by atoms with Crippen molar-refractivity contribution in [2.45, 2.75) is 46.6 Å². The highest BCUT2D eigenvalue weighted by molar-refractivity contribution is 6.37. The summed E-state index contributed by atoms with van der Waals surface area (Å²) < 4.78 is 5.41. The van der Waals surface area contributed by atoms with Crippen LogP contribution in [-0.2, 0) is 9.53 Å². The van der Waals surface area contributed by atoms with Gasteiger partial charge in [0.1, 0.15) is 6.61 Å². The van der Waals surface area contributed by atoms with Crippen molar-refractivity contribution >= 4 is 11.7 Å². The number of Topliss-reactive ketones (excluding diaryl/α,β-unsaturated/α-hetero) is 1. The second kappa shape index (κ2) is 5.48. The van der Waals surface area contributed by atoms with Crippen LogP contribution in [-0.4, -0.2) is 24.3 Å². The largest absolute Gasteiger partial charge is 0.473 e. The van der Waals surface area contributed by atoms with E-state index in [4.69, 9.17) is 4.74 Å². The molecule has 1 heterocycles. The van der Waals surface area contributed by atoms with Gasteiger partial charge in [-0.05, 0) is 11.8 Å². The van der Waals surface area contributed by atoms with Crippen LogP contribution in [0, 0.1) is 11.3 Å². The Kier molecular flexibility index (Phi) is 4.49. The van der Waals surface area contributed by atoms with E-state index in [9.17, 15) is 4.79 Å². The summed E-state index contributed by atoms with van der Waals surface area (Å²) in [5.41, 5.74) is -0.230. The number of hydrogen-bond acceptors (Lipinski definition) is 3. The van der Waals surface area contributed by atoms with Crippen LogP contribution in [0.2, 0.25) is 0 Å². The summed E-state index contributed by atoms with van der Waals surface area (Å²) in [4.78, 5) is 16.6. The predicted octanol–water partition coefficient (Wildman–Crippen LogP) is 3.00. The predicted molar refractivity (Wildman–Crippen MR) is 70.2 cm³/mol. The number of nitrogens with zero attached hydrogens (tertiary/aromatic N) is 1. The Morgan fingerprint density at radius 3 is 2.88 bits per heavy atom. The second-order valence-corrected chi connectivity index (χ2v) is 5.30. The maximum Gasteiger partial charge on any atom is 0.254 e. The maximum absolute atomic E-state index is 12.2.